The minimum atomic E-state index is 0.379. The second-order valence-electron chi connectivity index (χ2n) is 4.55. The molecule has 3 heteroatoms. The number of halogens is 1. The number of hydrogen-bond acceptors (Lipinski definition) is 2. The molecule has 2 rings (SSSR count). The Hall–Kier alpha value is -0.730. The molecule has 88 valence electrons. The van der Waals surface area contributed by atoms with Crippen LogP contribution in [-0.4, -0.2) is 19.5 Å². The number of hydrogen-bond donors (Lipinski definition) is 1. The number of nitrogens with one attached hydrogen (secondary N) is 1. The second kappa shape index (κ2) is 5.07. The molecule has 0 aromatic heterocycles. The first-order valence-corrected chi connectivity index (χ1v) is 6.22. The molecular weight excluding hydrogens is 222 g/mol. The summed E-state index contributed by atoms with van der Waals surface area (Å²) >= 11 is 5.93. The van der Waals surface area contributed by atoms with Crippen molar-refractivity contribution < 1.29 is 4.74 Å². The van der Waals surface area contributed by atoms with E-state index in [1.165, 1.54) is 18.4 Å². The standard InChI is InChI=1S/C13H18ClNO/c1-16-12-5-3-2-4-11(12)8-15-10-13(9-14)6-7-13/h2-5,15H,6-10H2,1H3. The first kappa shape index (κ1) is 11.7. The molecule has 0 bridgehead atoms. The van der Waals surface area contributed by atoms with Crippen molar-refractivity contribution in [3.05, 3.63) is 29.8 Å². The van der Waals surface area contributed by atoms with Crippen molar-refractivity contribution in [2.24, 2.45) is 5.41 Å². The van der Waals surface area contributed by atoms with E-state index in [0.717, 1.165) is 24.7 Å². The fraction of sp³-hybridized carbons (Fsp3) is 0.538. The Morgan fingerprint density at radius 3 is 2.75 bits per heavy atom. The second-order valence-corrected chi connectivity index (χ2v) is 4.82. The summed E-state index contributed by atoms with van der Waals surface area (Å²) in [5.74, 6) is 1.72. The molecule has 0 heterocycles. The maximum absolute atomic E-state index is 5.93. The van der Waals surface area contributed by atoms with Crippen LogP contribution in [0.2, 0.25) is 0 Å². The summed E-state index contributed by atoms with van der Waals surface area (Å²) < 4.78 is 5.30. The van der Waals surface area contributed by atoms with Crippen LogP contribution in [0.15, 0.2) is 24.3 Å². The average Bonchev–Trinajstić information content (AvgIpc) is 3.10. The minimum Gasteiger partial charge on any atom is -0.496 e. The molecule has 1 aromatic carbocycles. The van der Waals surface area contributed by atoms with E-state index >= 15 is 0 Å². The predicted molar refractivity (Wildman–Crippen MR) is 67.1 cm³/mol. The summed E-state index contributed by atoms with van der Waals surface area (Å²) in [4.78, 5) is 0. The minimum absolute atomic E-state index is 0.379. The zero-order valence-corrected chi connectivity index (χ0v) is 10.4. The summed E-state index contributed by atoms with van der Waals surface area (Å²) in [6.07, 6.45) is 2.52. The molecule has 1 N–H and O–H groups in total. The molecule has 0 aliphatic heterocycles. The highest BCUT2D eigenvalue weighted by atomic mass is 35.5. The van der Waals surface area contributed by atoms with Crippen LogP contribution in [-0.2, 0) is 6.54 Å². The van der Waals surface area contributed by atoms with Crippen molar-refractivity contribution in [3.63, 3.8) is 0 Å². The fourth-order valence-electron chi connectivity index (χ4n) is 1.85. The zero-order chi connectivity index (χ0) is 11.4. The monoisotopic (exact) mass is 239 g/mol. The molecule has 1 aromatic rings. The highest BCUT2D eigenvalue weighted by Gasteiger charge is 2.41. The van der Waals surface area contributed by atoms with Gasteiger partial charge in [0.2, 0.25) is 0 Å². The number of para-hydroxylation sites is 1. The van der Waals surface area contributed by atoms with Gasteiger partial charge in [-0.15, -0.1) is 11.6 Å². The topological polar surface area (TPSA) is 21.3 Å². The highest BCUT2D eigenvalue weighted by Crippen LogP contribution is 2.45. The van der Waals surface area contributed by atoms with Gasteiger partial charge in [-0.2, -0.15) is 0 Å². The van der Waals surface area contributed by atoms with Gasteiger partial charge < -0.3 is 10.1 Å². The van der Waals surface area contributed by atoms with E-state index in [1.54, 1.807) is 7.11 Å². The highest BCUT2D eigenvalue weighted by molar-refractivity contribution is 6.18. The molecule has 0 atom stereocenters. The van der Waals surface area contributed by atoms with Gasteiger partial charge in [-0.05, 0) is 24.3 Å². The first-order chi connectivity index (χ1) is 7.79. The van der Waals surface area contributed by atoms with E-state index in [2.05, 4.69) is 11.4 Å². The molecule has 0 amide bonds. The Kier molecular flexibility index (Phi) is 3.72. The van der Waals surface area contributed by atoms with Crippen LogP contribution in [0.25, 0.3) is 0 Å². The fourth-order valence-corrected chi connectivity index (χ4v) is 2.21. The Bertz CT molecular complexity index is 350. The summed E-state index contributed by atoms with van der Waals surface area (Å²) in [5.41, 5.74) is 1.58. The maximum atomic E-state index is 5.93. The largest absolute Gasteiger partial charge is 0.496 e. The van der Waals surface area contributed by atoms with Gasteiger partial charge in [-0.25, -0.2) is 0 Å². The molecule has 16 heavy (non-hydrogen) atoms. The molecule has 0 radical (unpaired) electrons. The van der Waals surface area contributed by atoms with E-state index in [0.29, 0.717) is 5.41 Å². The predicted octanol–water partition coefficient (Wildman–Crippen LogP) is 2.80. The molecule has 0 spiro atoms. The van der Waals surface area contributed by atoms with E-state index < -0.39 is 0 Å². The summed E-state index contributed by atoms with van der Waals surface area (Å²) in [6, 6.07) is 8.11. The lowest BCUT2D eigenvalue weighted by molar-refractivity contribution is 0.405. The summed E-state index contributed by atoms with van der Waals surface area (Å²) in [6.45, 7) is 1.86. The Morgan fingerprint density at radius 1 is 1.38 bits per heavy atom. The van der Waals surface area contributed by atoms with Gasteiger partial charge in [0.25, 0.3) is 0 Å². The van der Waals surface area contributed by atoms with Crippen LogP contribution in [0, 0.1) is 5.41 Å². The van der Waals surface area contributed by atoms with Crippen molar-refractivity contribution in [3.8, 4) is 5.75 Å². The smallest absolute Gasteiger partial charge is 0.123 e. The number of benzene rings is 1. The first-order valence-electron chi connectivity index (χ1n) is 5.68. The Labute approximate surface area is 102 Å². The van der Waals surface area contributed by atoms with Gasteiger partial charge in [0.05, 0.1) is 7.11 Å². The molecule has 1 aliphatic rings. The SMILES string of the molecule is COc1ccccc1CNCC1(CCl)CC1. The van der Waals surface area contributed by atoms with Crippen LogP contribution >= 0.6 is 11.6 Å². The molecule has 0 unspecified atom stereocenters. The lowest BCUT2D eigenvalue weighted by Gasteiger charge is -2.13. The molecule has 0 saturated heterocycles. The van der Waals surface area contributed by atoms with Crippen LogP contribution < -0.4 is 10.1 Å². The zero-order valence-electron chi connectivity index (χ0n) is 9.63. The van der Waals surface area contributed by atoms with Crippen LogP contribution in [0.3, 0.4) is 0 Å². The van der Waals surface area contributed by atoms with Gasteiger partial charge in [0.1, 0.15) is 5.75 Å². The van der Waals surface area contributed by atoms with Crippen LogP contribution in [0.5, 0.6) is 5.75 Å². The third kappa shape index (κ3) is 2.69. The summed E-state index contributed by atoms with van der Waals surface area (Å²) in [5, 5.41) is 3.47. The number of rotatable bonds is 6. The van der Waals surface area contributed by atoms with Crippen molar-refractivity contribution in [1.82, 2.24) is 5.32 Å². The molecular formula is C13H18ClNO. The van der Waals surface area contributed by atoms with Gasteiger partial charge in [0, 0.05) is 24.5 Å². The number of ether oxygens (including phenoxy) is 1. The summed E-state index contributed by atoms with van der Waals surface area (Å²) in [7, 11) is 1.71. The molecule has 2 nitrogen and oxygen atoms in total. The van der Waals surface area contributed by atoms with Gasteiger partial charge in [-0.1, -0.05) is 18.2 Å². The third-order valence-corrected chi connectivity index (χ3v) is 3.82. The van der Waals surface area contributed by atoms with E-state index in [1.807, 2.05) is 18.2 Å². The lowest BCUT2D eigenvalue weighted by Crippen LogP contribution is -2.24. The van der Waals surface area contributed by atoms with Crippen molar-refractivity contribution in [2.75, 3.05) is 19.5 Å². The molecule has 1 saturated carbocycles. The van der Waals surface area contributed by atoms with Crippen molar-refractivity contribution >= 4 is 11.6 Å². The van der Waals surface area contributed by atoms with Crippen molar-refractivity contribution in [2.45, 2.75) is 19.4 Å². The number of methoxy groups -OCH3 is 1. The molecule has 1 aliphatic carbocycles. The van der Waals surface area contributed by atoms with Gasteiger partial charge >= 0.3 is 0 Å². The van der Waals surface area contributed by atoms with Crippen molar-refractivity contribution in [1.29, 1.82) is 0 Å². The van der Waals surface area contributed by atoms with E-state index in [-0.39, 0.29) is 0 Å². The third-order valence-electron chi connectivity index (χ3n) is 3.25. The number of alkyl halides is 1. The van der Waals surface area contributed by atoms with Crippen LogP contribution in [0.4, 0.5) is 0 Å². The quantitative estimate of drug-likeness (QED) is 0.771. The van der Waals surface area contributed by atoms with E-state index in [9.17, 15) is 0 Å². The Morgan fingerprint density at radius 2 is 2.12 bits per heavy atom. The van der Waals surface area contributed by atoms with E-state index in [4.69, 9.17) is 16.3 Å². The lowest BCUT2D eigenvalue weighted by atomic mass is 10.1. The normalized spacial score (nSPS) is 17.1. The average molecular weight is 240 g/mol. The van der Waals surface area contributed by atoms with Gasteiger partial charge in [0.15, 0.2) is 0 Å². The maximum Gasteiger partial charge on any atom is 0.123 e. The van der Waals surface area contributed by atoms with Gasteiger partial charge in [-0.3, -0.25) is 0 Å². The molecule has 1 fully saturated rings. The Balaban J connectivity index is 1.85. The van der Waals surface area contributed by atoms with Crippen LogP contribution in [0.1, 0.15) is 18.4 Å².